The first kappa shape index (κ1) is 13.5. The van der Waals surface area contributed by atoms with Crippen LogP contribution < -0.4 is 5.32 Å². The van der Waals surface area contributed by atoms with Gasteiger partial charge in [0.2, 0.25) is 5.91 Å². The molecule has 0 aromatic carbocycles. The molecule has 0 saturated carbocycles. The van der Waals surface area contributed by atoms with Crippen molar-refractivity contribution in [2.24, 2.45) is 0 Å². The lowest BCUT2D eigenvalue weighted by Crippen LogP contribution is -2.38. The van der Waals surface area contributed by atoms with Crippen LogP contribution in [0.15, 0.2) is 0 Å². The van der Waals surface area contributed by atoms with Gasteiger partial charge in [-0.25, -0.2) is 0 Å². The van der Waals surface area contributed by atoms with Gasteiger partial charge in [-0.1, -0.05) is 0 Å². The van der Waals surface area contributed by atoms with Crippen LogP contribution >= 0.6 is 0 Å². The van der Waals surface area contributed by atoms with Crippen LogP contribution in [0.2, 0.25) is 0 Å². The van der Waals surface area contributed by atoms with Gasteiger partial charge >= 0.3 is 0 Å². The van der Waals surface area contributed by atoms with Crippen molar-refractivity contribution in [1.29, 1.82) is 0 Å². The maximum atomic E-state index is 11.7. The number of amides is 1. The van der Waals surface area contributed by atoms with E-state index < -0.39 is 0 Å². The van der Waals surface area contributed by atoms with Crippen LogP contribution in [0.1, 0.15) is 33.1 Å². The van der Waals surface area contributed by atoms with Gasteiger partial charge in [0.25, 0.3) is 0 Å². The molecule has 0 spiro atoms. The highest BCUT2D eigenvalue weighted by molar-refractivity contribution is 5.76. The number of carbonyl (C=O) groups excluding carboxylic acids is 1. The van der Waals surface area contributed by atoms with E-state index in [4.69, 9.17) is 4.74 Å². The molecule has 1 fully saturated rings. The Morgan fingerprint density at radius 1 is 1.31 bits per heavy atom. The van der Waals surface area contributed by atoms with Crippen molar-refractivity contribution in [2.45, 2.75) is 39.2 Å². The molecular weight excluding hydrogens is 204 g/mol. The Balaban J connectivity index is 2.11. The Hall–Kier alpha value is -0.610. The third-order valence-electron chi connectivity index (χ3n) is 3.11. The Kier molecular flexibility index (Phi) is 6.42. The van der Waals surface area contributed by atoms with Crippen molar-refractivity contribution in [2.75, 3.05) is 32.8 Å². The second-order valence-corrected chi connectivity index (χ2v) is 4.16. The molecule has 0 aliphatic carbocycles. The van der Waals surface area contributed by atoms with Gasteiger partial charge in [-0.3, -0.25) is 4.79 Å². The van der Waals surface area contributed by atoms with Gasteiger partial charge < -0.3 is 15.0 Å². The van der Waals surface area contributed by atoms with Crippen LogP contribution in [0, 0.1) is 0 Å². The van der Waals surface area contributed by atoms with Crippen molar-refractivity contribution in [1.82, 2.24) is 10.2 Å². The van der Waals surface area contributed by atoms with Crippen molar-refractivity contribution >= 4 is 5.91 Å². The fourth-order valence-corrected chi connectivity index (χ4v) is 2.02. The summed E-state index contributed by atoms with van der Waals surface area (Å²) < 4.78 is 5.28. The maximum absolute atomic E-state index is 11.7. The lowest BCUT2D eigenvalue weighted by Gasteiger charge is -2.24. The first-order valence-corrected chi connectivity index (χ1v) is 6.36. The summed E-state index contributed by atoms with van der Waals surface area (Å²) in [6, 6.07) is 0.540. The van der Waals surface area contributed by atoms with Crippen molar-refractivity contribution in [3.05, 3.63) is 0 Å². The van der Waals surface area contributed by atoms with Crippen molar-refractivity contribution < 1.29 is 9.53 Å². The molecule has 1 heterocycles. The second kappa shape index (κ2) is 7.63. The maximum Gasteiger partial charge on any atom is 0.223 e. The van der Waals surface area contributed by atoms with Crippen molar-refractivity contribution in [3.8, 4) is 0 Å². The minimum absolute atomic E-state index is 0.254. The quantitative estimate of drug-likeness (QED) is 0.738. The topological polar surface area (TPSA) is 41.6 Å². The smallest absolute Gasteiger partial charge is 0.223 e. The van der Waals surface area contributed by atoms with E-state index in [2.05, 4.69) is 5.32 Å². The fourth-order valence-electron chi connectivity index (χ4n) is 2.02. The molecule has 0 atom stereocenters. The molecule has 0 unspecified atom stereocenters. The molecule has 1 aliphatic heterocycles. The summed E-state index contributed by atoms with van der Waals surface area (Å²) >= 11 is 0. The molecule has 0 radical (unpaired) electrons. The summed E-state index contributed by atoms with van der Waals surface area (Å²) in [5.41, 5.74) is 0. The molecule has 1 amide bonds. The van der Waals surface area contributed by atoms with Crippen LogP contribution in [-0.4, -0.2) is 49.7 Å². The predicted molar refractivity (Wildman–Crippen MR) is 64.4 cm³/mol. The van der Waals surface area contributed by atoms with Crippen LogP contribution in [0.3, 0.4) is 0 Å². The highest BCUT2D eigenvalue weighted by Gasteiger charge is 2.14. The molecular formula is C12H24N2O2. The number of nitrogens with one attached hydrogen (secondary N) is 1. The van der Waals surface area contributed by atoms with E-state index in [9.17, 15) is 4.79 Å². The van der Waals surface area contributed by atoms with Gasteiger partial charge in [-0.05, 0) is 26.7 Å². The number of hydrogen-bond acceptors (Lipinski definition) is 3. The molecule has 1 saturated heterocycles. The van der Waals surface area contributed by atoms with Crippen LogP contribution in [0.25, 0.3) is 0 Å². The molecule has 1 N–H and O–H groups in total. The van der Waals surface area contributed by atoms with Crippen LogP contribution in [-0.2, 0) is 9.53 Å². The van der Waals surface area contributed by atoms with Crippen LogP contribution in [0.4, 0.5) is 0 Å². The predicted octanol–water partition coefficient (Wildman–Crippen LogP) is 1.01. The largest absolute Gasteiger partial charge is 0.381 e. The number of ether oxygens (including phenoxy) is 1. The number of hydrogen-bond donors (Lipinski definition) is 1. The Labute approximate surface area is 98.3 Å². The van der Waals surface area contributed by atoms with Gasteiger partial charge in [0, 0.05) is 45.3 Å². The van der Waals surface area contributed by atoms with E-state index in [0.29, 0.717) is 12.5 Å². The van der Waals surface area contributed by atoms with E-state index in [1.807, 2.05) is 18.7 Å². The van der Waals surface area contributed by atoms with Gasteiger partial charge in [0.1, 0.15) is 0 Å². The first-order chi connectivity index (χ1) is 7.77. The van der Waals surface area contributed by atoms with Gasteiger partial charge in [-0.15, -0.1) is 0 Å². The molecule has 4 nitrogen and oxygen atoms in total. The normalized spacial score (nSPS) is 17.4. The van der Waals surface area contributed by atoms with E-state index >= 15 is 0 Å². The average Bonchev–Trinajstić information content (AvgIpc) is 2.32. The van der Waals surface area contributed by atoms with E-state index in [1.54, 1.807) is 0 Å². The van der Waals surface area contributed by atoms with Crippen molar-refractivity contribution in [3.63, 3.8) is 0 Å². The Bertz CT molecular complexity index is 199. The van der Waals surface area contributed by atoms with E-state index in [-0.39, 0.29) is 5.91 Å². The first-order valence-electron chi connectivity index (χ1n) is 6.36. The summed E-state index contributed by atoms with van der Waals surface area (Å²) in [5, 5.41) is 3.43. The summed E-state index contributed by atoms with van der Waals surface area (Å²) in [6.45, 7) is 8.16. The summed E-state index contributed by atoms with van der Waals surface area (Å²) in [4.78, 5) is 13.6. The highest BCUT2D eigenvalue weighted by Crippen LogP contribution is 2.06. The standard InChI is InChI=1S/C12H24N2O2/c1-3-14(4-2)12(15)5-8-13-11-6-9-16-10-7-11/h11,13H,3-10H2,1-2H3. The summed E-state index contributed by atoms with van der Waals surface area (Å²) in [7, 11) is 0. The zero-order valence-electron chi connectivity index (χ0n) is 10.5. The lowest BCUT2D eigenvalue weighted by molar-refractivity contribution is -0.130. The van der Waals surface area contributed by atoms with E-state index in [1.165, 1.54) is 0 Å². The highest BCUT2D eigenvalue weighted by atomic mass is 16.5. The molecule has 1 aliphatic rings. The second-order valence-electron chi connectivity index (χ2n) is 4.16. The third kappa shape index (κ3) is 4.49. The number of nitrogens with zero attached hydrogens (tertiary/aromatic N) is 1. The lowest BCUT2D eigenvalue weighted by atomic mass is 10.1. The van der Waals surface area contributed by atoms with Crippen LogP contribution in [0.5, 0.6) is 0 Å². The fraction of sp³-hybridized carbons (Fsp3) is 0.917. The molecule has 4 heteroatoms. The zero-order chi connectivity index (χ0) is 11.8. The molecule has 1 rings (SSSR count). The summed E-state index contributed by atoms with van der Waals surface area (Å²) in [5.74, 6) is 0.254. The molecule has 0 aromatic rings. The third-order valence-corrected chi connectivity index (χ3v) is 3.11. The molecule has 16 heavy (non-hydrogen) atoms. The molecule has 0 bridgehead atoms. The summed E-state index contributed by atoms with van der Waals surface area (Å²) in [6.07, 6.45) is 2.75. The molecule has 94 valence electrons. The monoisotopic (exact) mass is 228 g/mol. The SMILES string of the molecule is CCN(CC)C(=O)CCNC1CCOCC1. The average molecular weight is 228 g/mol. The zero-order valence-corrected chi connectivity index (χ0v) is 10.5. The number of rotatable bonds is 6. The minimum atomic E-state index is 0.254. The Morgan fingerprint density at radius 2 is 1.94 bits per heavy atom. The van der Waals surface area contributed by atoms with E-state index in [0.717, 1.165) is 45.7 Å². The van der Waals surface area contributed by atoms with Gasteiger partial charge in [-0.2, -0.15) is 0 Å². The molecule has 0 aromatic heterocycles. The minimum Gasteiger partial charge on any atom is -0.381 e. The number of carbonyl (C=O) groups is 1. The van der Waals surface area contributed by atoms with Gasteiger partial charge in [0.15, 0.2) is 0 Å². The van der Waals surface area contributed by atoms with Gasteiger partial charge in [0.05, 0.1) is 0 Å². The Morgan fingerprint density at radius 3 is 2.50 bits per heavy atom.